The van der Waals surface area contributed by atoms with Crippen LogP contribution < -0.4 is 15.4 Å². The fourth-order valence-electron chi connectivity index (χ4n) is 2.51. The van der Waals surface area contributed by atoms with Gasteiger partial charge in [0, 0.05) is 24.9 Å². The summed E-state index contributed by atoms with van der Waals surface area (Å²) in [7, 11) is 1.46. The molecule has 1 aromatic heterocycles. The summed E-state index contributed by atoms with van der Waals surface area (Å²) in [5.74, 6) is -0.615. The quantitative estimate of drug-likeness (QED) is 0.836. The van der Waals surface area contributed by atoms with Crippen molar-refractivity contribution in [1.29, 1.82) is 0 Å². The molecule has 25 heavy (non-hydrogen) atoms. The second-order valence-electron chi connectivity index (χ2n) is 5.63. The average Bonchev–Trinajstić information content (AvgIpc) is 3.14. The molecule has 132 valence electrons. The molecule has 1 aliphatic heterocycles. The van der Waals surface area contributed by atoms with Crippen LogP contribution in [0.15, 0.2) is 30.3 Å². The smallest absolute Gasteiger partial charge is 0.276 e. The van der Waals surface area contributed by atoms with Gasteiger partial charge in [-0.05, 0) is 37.1 Å². The van der Waals surface area contributed by atoms with Crippen LogP contribution in [-0.4, -0.2) is 42.5 Å². The van der Waals surface area contributed by atoms with Gasteiger partial charge in [0.1, 0.15) is 5.82 Å². The zero-order valence-corrected chi connectivity index (χ0v) is 13.8. The first kappa shape index (κ1) is 17.1. The number of carbonyl (C=O) groups excluding carboxylic acids is 1. The van der Waals surface area contributed by atoms with E-state index in [1.54, 1.807) is 12.1 Å². The van der Waals surface area contributed by atoms with Crippen LogP contribution in [0.3, 0.4) is 0 Å². The van der Waals surface area contributed by atoms with Crippen LogP contribution >= 0.6 is 0 Å². The Morgan fingerprint density at radius 3 is 2.88 bits per heavy atom. The minimum Gasteiger partial charge on any atom is -0.480 e. The third kappa shape index (κ3) is 4.42. The van der Waals surface area contributed by atoms with Crippen LogP contribution in [0.4, 0.5) is 15.8 Å². The van der Waals surface area contributed by atoms with E-state index in [-0.39, 0.29) is 11.8 Å². The molecule has 3 rings (SSSR count). The highest BCUT2D eigenvalue weighted by Crippen LogP contribution is 2.21. The SMILES string of the molecule is COc1ccc(C(=O)Nc2ccc(NC[C@@H]3CCCO3)c(F)c2)nn1. The minimum atomic E-state index is -0.477. The standard InChI is InChI=1S/C17H19FN4O3/c1-24-16-7-6-15(21-22-16)17(23)20-11-4-5-14(13(18)9-11)19-10-12-3-2-8-25-12/h4-7,9,12,19H,2-3,8,10H2,1H3,(H,20,23)/t12-/m0/s1. The maximum absolute atomic E-state index is 14.2. The Labute approximate surface area is 144 Å². The summed E-state index contributed by atoms with van der Waals surface area (Å²) in [4.78, 5) is 12.1. The number of nitrogens with one attached hydrogen (secondary N) is 2. The van der Waals surface area contributed by atoms with Crippen LogP contribution in [0.5, 0.6) is 5.88 Å². The predicted molar refractivity (Wildman–Crippen MR) is 90.4 cm³/mol. The predicted octanol–water partition coefficient (Wildman–Crippen LogP) is 2.47. The van der Waals surface area contributed by atoms with Gasteiger partial charge in [-0.15, -0.1) is 10.2 Å². The van der Waals surface area contributed by atoms with E-state index in [4.69, 9.17) is 9.47 Å². The Balaban J connectivity index is 1.60. The van der Waals surface area contributed by atoms with Gasteiger partial charge in [0.2, 0.25) is 5.88 Å². The summed E-state index contributed by atoms with van der Waals surface area (Å²) in [6, 6.07) is 7.47. The molecule has 2 heterocycles. The molecule has 0 radical (unpaired) electrons. The number of anilines is 2. The van der Waals surface area contributed by atoms with Crippen molar-refractivity contribution in [2.45, 2.75) is 18.9 Å². The summed E-state index contributed by atoms with van der Waals surface area (Å²) in [5.41, 5.74) is 0.822. The number of hydrogen-bond acceptors (Lipinski definition) is 6. The molecule has 0 bridgehead atoms. The maximum Gasteiger partial charge on any atom is 0.276 e. The van der Waals surface area contributed by atoms with Crippen LogP contribution in [-0.2, 0) is 4.74 Å². The van der Waals surface area contributed by atoms with Crippen LogP contribution in [0.1, 0.15) is 23.3 Å². The lowest BCUT2D eigenvalue weighted by Crippen LogP contribution is -2.19. The van der Waals surface area contributed by atoms with Crippen LogP contribution in [0.2, 0.25) is 0 Å². The molecule has 1 atom stereocenters. The third-order valence-electron chi connectivity index (χ3n) is 3.85. The number of carbonyl (C=O) groups is 1. The Morgan fingerprint density at radius 2 is 2.24 bits per heavy atom. The monoisotopic (exact) mass is 346 g/mol. The zero-order valence-electron chi connectivity index (χ0n) is 13.8. The minimum absolute atomic E-state index is 0.113. The number of hydrogen-bond donors (Lipinski definition) is 2. The first-order valence-corrected chi connectivity index (χ1v) is 8.00. The van der Waals surface area contributed by atoms with Gasteiger partial charge in [0.05, 0.1) is 18.9 Å². The molecule has 1 aliphatic rings. The van der Waals surface area contributed by atoms with Crippen molar-refractivity contribution in [3.8, 4) is 5.88 Å². The number of methoxy groups -OCH3 is 1. The Morgan fingerprint density at radius 1 is 1.36 bits per heavy atom. The second kappa shape index (κ2) is 7.89. The van der Waals surface area contributed by atoms with Crippen molar-refractivity contribution in [2.75, 3.05) is 30.9 Å². The van der Waals surface area contributed by atoms with E-state index < -0.39 is 11.7 Å². The molecule has 0 unspecified atom stereocenters. The van der Waals surface area contributed by atoms with Gasteiger partial charge in [0.15, 0.2) is 5.69 Å². The molecule has 1 saturated heterocycles. The van der Waals surface area contributed by atoms with Gasteiger partial charge in [-0.25, -0.2) is 4.39 Å². The molecule has 2 N–H and O–H groups in total. The highest BCUT2D eigenvalue weighted by Gasteiger charge is 2.16. The summed E-state index contributed by atoms with van der Waals surface area (Å²) in [6.45, 7) is 1.32. The Kier molecular flexibility index (Phi) is 5.39. The van der Waals surface area contributed by atoms with Crippen molar-refractivity contribution >= 4 is 17.3 Å². The molecule has 7 nitrogen and oxygen atoms in total. The van der Waals surface area contributed by atoms with Gasteiger partial charge < -0.3 is 20.1 Å². The Hall–Kier alpha value is -2.74. The maximum atomic E-state index is 14.2. The van der Waals surface area contributed by atoms with Crippen molar-refractivity contribution in [3.05, 3.63) is 41.8 Å². The van der Waals surface area contributed by atoms with Crippen LogP contribution in [0.25, 0.3) is 0 Å². The van der Waals surface area contributed by atoms with Gasteiger partial charge in [-0.1, -0.05) is 0 Å². The van der Waals surface area contributed by atoms with Crippen LogP contribution in [0, 0.1) is 5.82 Å². The second-order valence-corrected chi connectivity index (χ2v) is 5.63. The topological polar surface area (TPSA) is 85.4 Å². The lowest BCUT2D eigenvalue weighted by Gasteiger charge is -2.13. The summed E-state index contributed by atoms with van der Waals surface area (Å²) >= 11 is 0. The molecule has 1 amide bonds. The highest BCUT2D eigenvalue weighted by atomic mass is 19.1. The molecular formula is C17H19FN4O3. The van der Waals surface area contributed by atoms with E-state index in [0.29, 0.717) is 23.8 Å². The average molecular weight is 346 g/mol. The van der Waals surface area contributed by atoms with Crippen molar-refractivity contribution in [1.82, 2.24) is 10.2 Å². The summed E-state index contributed by atoms with van der Waals surface area (Å²) < 4.78 is 24.6. The molecule has 0 spiro atoms. The lowest BCUT2D eigenvalue weighted by atomic mass is 10.2. The fourth-order valence-corrected chi connectivity index (χ4v) is 2.51. The largest absolute Gasteiger partial charge is 0.480 e. The van der Waals surface area contributed by atoms with Gasteiger partial charge >= 0.3 is 0 Å². The number of benzene rings is 1. The number of amides is 1. The number of nitrogens with zero attached hydrogens (tertiary/aromatic N) is 2. The van der Waals surface area contributed by atoms with E-state index in [1.807, 2.05) is 0 Å². The molecular weight excluding hydrogens is 327 g/mol. The van der Waals surface area contributed by atoms with Crippen molar-refractivity contribution in [3.63, 3.8) is 0 Å². The van der Waals surface area contributed by atoms with E-state index in [1.165, 1.54) is 25.3 Å². The molecule has 8 heteroatoms. The van der Waals surface area contributed by atoms with E-state index in [0.717, 1.165) is 19.4 Å². The molecule has 0 saturated carbocycles. The third-order valence-corrected chi connectivity index (χ3v) is 3.85. The number of aromatic nitrogens is 2. The molecule has 1 aromatic carbocycles. The number of rotatable bonds is 6. The summed E-state index contributed by atoms with van der Waals surface area (Å²) in [5, 5.41) is 13.1. The Bertz CT molecular complexity index is 733. The normalized spacial score (nSPS) is 16.5. The van der Waals surface area contributed by atoms with E-state index in [2.05, 4.69) is 20.8 Å². The van der Waals surface area contributed by atoms with Gasteiger partial charge in [0.25, 0.3) is 5.91 Å². The lowest BCUT2D eigenvalue weighted by molar-refractivity contribution is 0.102. The van der Waals surface area contributed by atoms with Gasteiger partial charge in [-0.3, -0.25) is 4.79 Å². The molecule has 2 aromatic rings. The summed E-state index contributed by atoms with van der Waals surface area (Å²) in [6.07, 6.45) is 2.13. The van der Waals surface area contributed by atoms with E-state index >= 15 is 0 Å². The van der Waals surface area contributed by atoms with Crippen molar-refractivity contribution < 1.29 is 18.7 Å². The highest BCUT2D eigenvalue weighted by molar-refractivity contribution is 6.02. The fraction of sp³-hybridized carbons (Fsp3) is 0.353. The molecule has 1 fully saturated rings. The van der Waals surface area contributed by atoms with Crippen molar-refractivity contribution in [2.24, 2.45) is 0 Å². The van der Waals surface area contributed by atoms with Gasteiger partial charge in [-0.2, -0.15) is 0 Å². The number of ether oxygens (including phenoxy) is 2. The van der Waals surface area contributed by atoms with E-state index in [9.17, 15) is 9.18 Å². The zero-order chi connectivity index (χ0) is 17.6. The number of halogens is 1. The first-order valence-electron chi connectivity index (χ1n) is 8.00. The first-order chi connectivity index (χ1) is 12.2. The molecule has 0 aliphatic carbocycles.